The summed E-state index contributed by atoms with van der Waals surface area (Å²) < 4.78 is 14.6. The first-order valence-corrected chi connectivity index (χ1v) is 8.48. The van der Waals surface area contributed by atoms with Crippen LogP contribution in [0, 0.1) is 18.7 Å². The van der Waals surface area contributed by atoms with Crippen LogP contribution in [0.25, 0.3) is 22.2 Å². The zero-order valence-corrected chi connectivity index (χ0v) is 14.3. The Morgan fingerprint density at radius 1 is 1.36 bits per heavy atom. The normalized spacial score (nSPS) is 22.8. The van der Waals surface area contributed by atoms with Gasteiger partial charge in [0, 0.05) is 35.1 Å². The first-order chi connectivity index (χ1) is 11.9. The average Bonchev–Trinajstić information content (AvgIpc) is 3.04. The Morgan fingerprint density at radius 2 is 2.16 bits per heavy atom. The van der Waals surface area contributed by atoms with Gasteiger partial charge in [-0.05, 0) is 56.9 Å². The lowest BCUT2D eigenvalue weighted by molar-refractivity contribution is -0.0523. The SMILES string of the molecule is Cc1cc(NCC2CC(C)(O)C2)c2cc(F)c(-c3ccn[nH]3)cc2n1. The molecule has 3 N–H and O–H groups in total. The average molecular weight is 340 g/mol. The van der Waals surface area contributed by atoms with E-state index in [1.165, 1.54) is 6.07 Å². The number of hydrogen-bond acceptors (Lipinski definition) is 4. The largest absolute Gasteiger partial charge is 0.390 e. The van der Waals surface area contributed by atoms with Crippen LogP contribution in [-0.2, 0) is 0 Å². The van der Waals surface area contributed by atoms with Crippen LogP contribution in [0.5, 0.6) is 0 Å². The van der Waals surface area contributed by atoms with E-state index in [0.29, 0.717) is 17.2 Å². The van der Waals surface area contributed by atoms with Gasteiger partial charge in [-0.25, -0.2) is 4.39 Å². The van der Waals surface area contributed by atoms with Gasteiger partial charge in [0.05, 0.1) is 16.8 Å². The summed E-state index contributed by atoms with van der Waals surface area (Å²) in [6.45, 7) is 4.55. The Bertz CT molecular complexity index is 913. The van der Waals surface area contributed by atoms with E-state index in [4.69, 9.17) is 0 Å². The molecule has 5 nitrogen and oxygen atoms in total. The molecule has 130 valence electrons. The van der Waals surface area contributed by atoms with E-state index in [1.54, 1.807) is 18.3 Å². The third-order valence-electron chi connectivity index (χ3n) is 4.85. The van der Waals surface area contributed by atoms with Crippen molar-refractivity contribution in [1.29, 1.82) is 0 Å². The fourth-order valence-electron chi connectivity index (χ4n) is 3.72. The van der Waals surface area contributed by atoms with E-state index in [0.717, 1.165) is 41.7 Å². The molecule has 0 radical (unpaired) electrons. The summed E-state index contributed by atoms with van der Waals surface area (Å²) in [6.07, 6.45) is 3.18. The Kier molecular flexibility index (Phi) is 3.72. The maximum atomic E-state index is 14.6. The van der Waals surface area contributed by atoms with Crippen LogP contribution < -0.4 is 5.32 Å². The van der Waals surface area contributed by atoms with Crippen LogP contribution >= 0.6 is 0 Å². The van der Waals surface area contributed by atoms with Gasteiger partial charge in [-0.3, -0.25) is 10.1 Å². The van der Waals surface area contributed by atoms with Crippen molar-refractivity contribution in [2.45, 2.75) is 32.3 Å². The van der Waals surface area contributed by atoms with Gasteiger partial charge in [0.2, 0.25) is 0 Å². The number of H-pyrrole nitrogens is 1. The highest BCUT2D eigenvalue weighted by molar-refractivity contribution is 5.94. The molecule has 0 saturated heterocycles. The van der Waals surface area contributed by atoms with Crippen molar-refractivity contribution >= 4 is 16.6 Å². The highest BCUT2D eigenvalue weighted by Gasteiger charge is 2.37. The molecule has 3 aromatic rings. The molecule has 1 aromatic carbocycles. The molecular weight excluding hydrogens is 319 g/mol. The second-order valence-electron chi connectivity index (χ2n) is 7.28. The second-order valence-corrected chi connectivity index (χ2v) is 7.28. The van der Waals surface area contributed by atoms with E-state index in [2.05, 4.69) is 20.5 Å². The Hall–Kier alpha value is -2.47. The monoisotopic (exact) mass is 340 g/mol. The molecule has 0 spiro atoms. The van der Waals surface area contributed by atoms with Crippen LogP contribution in [0.4, 0.5) is 10.1 Å². The van der Waals surface area contributed by atoms with Gasteiger partial charge in [0.15, 0.2) is 0 Å². The van der Waals surface area contributed by atoms with Crippen molar-refractivity contribution in [3.8, 4) is 11.3 Å². The molecule has 25 heavy (non-hydrogen) atoms. The molecule has 0 amide bonds. The quantitative estimate of drug-likeness (QED) is 0.678. The fourth-order valence-corrected chi connectivity index (χ4v) is 3.72. The summed E-state index contributed by atoms with van der Waals surface area (Å²) in [4.78, 5) is 4.55. The molecule has 2 heterocycles. The standard InChI is InChI=1S/C19H21FN4O/c1-11-5-17(21-10-12-8-19(2,25)9-12)14-6-15(20)13(7-18(14)23-11)16-3-4-22-24-16/h3-7,12,25H,8-10H2,1-2H3,(H,21,23)(H,22,24). The first-order valence-electron chi connectivity index (χ1n) is 8.48. The molecular formula is C19H21FN4O. The van der Waals surface area contributed by atoms with E-state index in [1.807, 2.05) is 19.9 Å². The zero-order chi connectivity index (χ0) is 17.6. The van der Waals surface area contributed by atoms with Crippen LogP contribution in [0.3, 0.4) is 0 Å². The van der Waals surface area contributed by atoms with Crippen molar-refractivity contribution in [2.24, 2.45) is 5.92 Å². The Labute approximate surface area is 145 Å². The van der Waals surface area contributed by atoms with Crippen molar-refractivity contribution in [2.75, 3.05) is 11.9 Å². The summed E-state index contributed by atoms with van der Waals surface area (Å²) in [7, 11) is 0. The minimum absolute atomic E-state index is 0.308. The van der Waals surface area contributed by atoms with Crippen LogP contribution in [-0.4, -0.2) is 32.4 Å². The molecule has 4 rings (SSSR count). The van der Waals surface area contributed by atoms with Gasteiger partial charge < -0.3 is 10.4 Å². The molecule has 1 saturated carbocycles. The number of rotatable bonds is 4. The predicted octanol–water partition coefficient (Wildman–Crippen LogP) is 3.65. The number of benzene rings is 1. The lowest BCUT2D eigenvalue weighted by atomic mass is 9.72. The molecule has 1 fully saturated rings. The maximum absolute atomic E-state index is 14.6. The Morgan fingerprint density at radius 3 is 2.84 bits per heavy atom. The predicted molar refractivity (Wildman–Crippen MR) is 95.9 cm³/mol. The summed E-state index contributed by atoms with van der Waals surface area (Å²) in [6, 6.07) is 6.96. The molecule has 0 atom stereocenters. The number of nitrogens with one attached hydrogen (secondary N) is 2. The van der Waals surface area contributed by atoms with Crippen LogP contribution in [0.1, 0.15) is 25.5 Å². The molecule has 0 bridgehead atoms. The van der Waals surface area contributed by atoms with Gasteiger partial charge in [0.1, 0.15) is 5.82 Å². The lowest BCUT2D eigenvalue weighted by Gasteiger charge is -2.41. The van der Waals surface area contributed by atoms with E-state index in [-0.39, 0.29) is 5.82 Å². The summed E-state index contributed by atoms with van der Waals surface area (Å²) in [5, 5.41) is 20.7. The smallest absolute Gasteiger partial charge is 0.133 e. The lowest BCUT2D eigenvalue weighted by Crippen LogP contribution is -2.43. The molecule has 6 heteroatoms. The third kappa shape index (κ3) is 3.09. The number of halogens is 1. The fraction of sp³-hybridized carbons (Fsp3) is 0.368. The number of anilines is 1. The number of fused-ring (bicyclic) bond motifs is 1. The van der Waals surface area contributed by atoms with Gasteiger partial charge in [-0.2, -0.15) is 5.10 Å². The molecule has 0 aliphatic heterocycles. The van der Waals surface area contributed by atoms with Gasteiger partial charge in [0.25, 0.3) is 0 Å². The molecule has 2 aromatic heterocycles. The topological polar surface area (TPSA) is 73.8 Å². The number of pyridine rings is 1. The van der Waals surface area contributed by atoms with Crippen molar-refractivity contribution < 1.29 is 9.50 Å². The van der Waals surface area contributed by atoms with Crippen LogP contribution in [0.15, 0.2) is 30.5 Å². The molecule has 0 unspecified atom stereocenters. The van der Waals surface area contributed by atoms with Gasteiger partial charge in [-0.1, -0.05) is 0 Å². The summed E-state index contributed by atoms with van der Waals surface area (Å²) in [5.74, 6) is 0.129. The molecule has 1 aliphatic rings. The maximum Gasteiger partial charge on any atom is 0.133 e. The number of aromatic amines is 1. The van der Waals surface area contributed by atoms with Crippen molar-refractivity contribution in [1.82, 2.24) is 15.2 Å². The first kappa shape index (κ1) is 16.0. The molecule has 1 aliphatic carbocycles. The minimum Gasteiger partial charge on any atom is -0.390 e. The number of nitrogens with zero attached hydrogens (tertiary/aromatic N) is 2. The summed E-state index contributed by atoms with van der Waals surface area (Å²) in [5.41, 5.74) is 3.06. The number of hydrogen-bond donors (Lipinski definition) is 3. The number of aromatic nitrogens is 3. The van der Waals surface area contributed by atoms with Crippen LogP contribution in [0.2, 0.25) is 0 Å². The number of aliphatic hydroxyl groups is 1. The summed E-state index contributed by atoms with van der Waals surface area (Å²) >= 11 is 0. The third-order valence-corrected chi connectivity index (χ3v) is 4.85. The highest BCUT2D eigenvalue weighted by atomic mass is 19.1. The van der Waals surface area contributed by atoms with Gasteiger partial charge in [-0.15, -0.1) is 0 Å². The van der Waals surface area contributed by atoms with E-state index < -0.39 is 5.60 Å². The number of aryl methyl sites for hydroxylation is 1. The Balaban J connectivity index is 1.66. The van der Waals surface area contributed by atoms with Gasteiger partial charge >= 0.3 is 0 Å². The van der Waals surface area contributed by atoms with E-state index >= 15 is 0 Å². The van der Waals surface area contributed by atoms with Crippen molar-refractivity contribution in [3.05, 3.63) is 42.0 Å². The van der Waals surface area contributed by atoms with Crippen molar-refractivity contribution in [3.63, 3.8) is 0 Å². The van der Waals surface area contributed by atoms with E-state index in [9.17, 15) is 9.50 Å². The zero-order valence-electron chi connectivity index (χ0n) is 14.3. The minimum atomic E-state index is -0.534. The second kappa shape index (κ2) is 5.81. The highest BCUT2D eigenvalue weighted by Crippen LogP contribution is 2.38.